The maximum Gasteiger partial charge on any atom is 0.308 e. The molecule has 292 valence electrons. The fourth-order valence-electron chi connectivity index (χ4n) is 6.89. The Morgan fingerprint density at radius 3 is 2.38 bits per heavy atom. The van der Waals surface area contributed by atoms with Crippen molar-refractivity contribution in [2.45, 2.75) is 109 Å². The zero-order valence-corrected chi connectivity index (χ0v) is 31.6. The van der Waals surface area contributed by atoms with Gasteiger partial charge in [-0.15, -0.1) is 0 Å². The number of likely N-dealkylation sites (N-methyl/N-ethyl adjacent to an activating group) is 1. The van der Waals surface area contributed by atoms with E-state index in [1.807, 2.05) is 69.3 Å². The number of esters is 1. The molecule has 13 heteroatoms. The molecule has 3 rings (SSSR count). The number of benzene rings is 1. The Morgan fingerprint density at radius 1 is 1.04 bits per heavy atom. The molecule has 0 amide bonds. The molecule has 0 bridgehead atoms. The Hall–Kier alpha value is -3.17. The third-order valence-electron chi connectivity index (χ3n) is 9.95. The Balaban J connectivity index is 2.02. The molecule has 1 fully saturated rings. The van der Waals surface area contributed by atoms with E-state index in [0.717, 1.165) is 11.9 Å². The molecule has 12 atom stereocenters. The third kappa shape index (κ3) is 12.5. The molecule has 0 spiro atoms. The van der Waals surface area contributed by atoms with Gasteiger partial charge in [-0.2, -0.15) is 0 Å². The van der Waals surface area contributed by atoms with Crippen LogP contribution in [-0.4, -0.2) is 126 Å². The monoisotopic (exact) mass is 732 g/mol. The van der Waals surface area contributed by atoms with Crippen molar-refractivity contribution < 1.29 is 53.8 Å². The van der Waals surface area contributed by atoms with Gasteiger partial charge in [0.25, 0.3) is 0 Å². The molecule has 0 aliphatic carbocycles. The van der Waals surface area contributed by atoms with E-state index in [4.69, 9.17) is 23.8 Å². The lowest BCUT2D eigenvalue weighted by atomic mass is 9.79. The number of para-hydroxylation sites is 1. The highest BCUT2D eigenvalue weighted by Crippen LogP contribution is 2.34. The topological polar surface area (TPSA) is 177 Å². The normalized spacial score (nSPS) is 36.4. The van der Waals surface area contributed by atoms with Gasteiger partial charge in [-0.3, -0.25) is 4.79 Å². The summed E-state index contributed by atoms with van der Waals surface area (Å²) in [5.41, 5.74) is 1.36. The molecule has 2 aliphatic heterocycles. The van der Waals surface area contributed by atoms with Gasteiger partial charge < -0.3 is 53.9 Å². The minimum Gasteiger partial charge on any atom is -0.490 e. The summed E-state index contributed by atoms with van der Waals surface area (Å²) in [5.74, 6) is -2.01. The zero-order chi connectivity index (χ0) is 38.4. The smallest absolute Gasteiger partial charge is 0.308 e. The minimum atomic E-state index is -1.27. The number of rotatable bonds is 12. The molecule has 1 unspecified atom stereocenters. The number of carbonyl (C=O) groups excluding carboxylic acids is 2. The summed E-state index contributed by atoms with van der Waals surface area (Å²) in [6.45, 7) is 9.24. The highest BCUT2D eigenvalue weighted by molar-refractivity contribution is 5.96. The van der Waals surface area contributed by atoms with Crippen LogP contribution >= 0.6 is 0 Å². The summed E-state index contributed by atoms with van der Waals surface area (Å²) in [7, 11) is 3.47. The van der Waals surface area contributed by atoms with Crippen molar-refractivity contribution in [2.24, 2.45) is 28.8 Å². The van der Waals surface area contributed by atoms with E-state index in [2.05, 4.69) is 5.16 Å². The van der Waals surface area contributed by atoms with E-state index in [1.165, 1.54) is 0 Å². The van der Waals surface area contributed by atoms with Gasteiger partial charge in [-0.25, -0.2) is 0 Å². The SMILES string of the molecule is CC[C@H]1OC(=O)C[C@@H](O)[C@H](C)[C@@H](O[C@@H]2O[C@H](C)[C@@H](O)[C@H](N(C)C)[C@H]2O)[C@@H](CC=O)C[C@@H](C)C(=N/OCCOc2ccccc2)/C=C/C(C)=C/C1CO. The lowest BCUT2D eigenvalue weighted by molar-refractivity contribution is -0.304. The molecule has 1 saturated heterocycles. The number of ether oxygens (including phenoxy) is 4. The van der Waals surface area contributed by atoms with Crippen molar-refractivity contribution in [1.82, 2.24) is 4.90 Å². The van der Waals surface area contributed by atoms with Crippen LogP contribution in [0.5, 0.6) is 5.75 Å². The fraction of sp³-hybridized carbons (Fsp3) is 0.667. The largest absolute Gasteiger partial charge is 0.490 e. The lowest BCUT2D eigenvalue weighted by Crippen LogP contribution is -2.63. The first-order chi connectivity index (χ1) is 24.8. The Morgan fingerprint density at radius 2 is 1.75 bits per heavy atom. The van der Waals surface area contributed by atoms with Crippen LogP contribution in [0.25, 0.3) is 0 Å². The molecule has 4 N–H and O–H groups in total. The summed E-state index contributed by atoms with van der Waals surface area (Å²) >= 11 is 0. The van der Waals surface area contributed by atoms with Crippen LogP contribution in [0.3, 0.4) is 0 Å². The second-order valence-electron chi connectivity index (χ2n) is 14.2. The van der Waals surface area contributed by atoms with Gasteiger partial charge in [0.2, 0.25) is 0 Å². The van der Waals surface area contributed by atoms with Gasteiger partial charge in [-0.1, -0.05) is 61.9 Å². The zero-order valence-electron chi connectivity index (χ0n) is 31.6. The number of aliphatic hydroxyl groups excluding tert-OH is 4. The first kappa shape index (κ1) is 43.2. The van der Waals surface area contributed by atoms with Crippen molar-refractivity contribution in [3.05, 3.63) is 54.1 Å². The molecule has 1 aromatic carbocycles. The number of carbonyl (C=O) groups is 2. The summed E-state index contributed by atoms with van der Waals surface area (Å²) in [6.07, 6.45) is -0.253. The van der Waals surface area contributed by atoms with E-state index in [1.54, 1.807) is 32.8 Å². The average molecular weight is 733 g/mol. The van der Waals surface area contributed by atoms with E-state index in [-0.39, 0.29) is 38.6 Å². The molecular formula is C39H60N2O11. The van der Waals surface area contributed by atoms with Crippen molar-refractivity contribution in [2.75, 3.05) is 33.9 Å². The second kappa shape index (κ2) is 21.5. The maximum absolute atomic E-state index is 13.2. The number of hydrogen-bond acceptors (Lipinski definition) is 13. The van der Waals surface area contributed by atoms with Crippen molar-refractivity contribution in [3.8, 4) is 5.75 Å². The first-order valence-electron chi connectivity index (χ1n) is 18.3. The minimum absolute atomic E-state index is 0.0341. The van der Waals surface area contributed by atoms with Crippen LogP contribution < -0.4 is 4.74 Å². The average Bonchev–Trinajstić information content (AvgIpc) is 3.11. The number of aldehydes is 1. The molecule has 0 aromatic heterocycles. The number of hydrogen-bond donors (Lipinski definition) is 4. The van der Waals surface area contributed by atoms with Crippen LogP contribution in [0.15, 0.2) is 59.3 Å². The van der Waals surface area contributed by atoms with Gasteiger partial charge in [-0.05, 0) is 64.9 Å². The summed E-state index contributed by atoms with van der Waals surface area (Å²) in [5, 5.41) is 48.4. The van der Waals surface area contributed by atoms with E-state index in [9.17, 15) is 30.0 Å². The molecule has 0 saturated carbocycles. The number of cyclic esters (lactones) is 1. The Kier molecular flexibility index (Phi) is 17.9. The summed E-state index contributed by atoms with van der Waals surface area (Å²) in [4.78, 5) is 32.8. The lowest BCUT2D eigenvalue weighted by Gasteiger charge is -2.46. The first-order valence-corrected chi connectivity index (χ1v) is 18.3. The molecule has 13 nitrogen and oxygen atoms in total. The van der Waals surface area contributed by atoms with Crippen LogP contribution in [0, 0.1) is 23.7 Å². The number of oxime groups is 1. The van der Waals surface area contributed by atoms with Crippen LogP contribution in [0.4, 0.5) is 0 Å². The molecule has 2 aliphatic rings. The van der Waals surface area contributed by atoms with E-state index >= 15 is 0 Å². The predicted molar refractivity (Wildman–Crippen MR) is 195 cm³/mol. The molecule has 2 heterocycles. The van der Waals surface area contributed by atoms with Gasteiger partial charge in [0, 0.05) is 24.2 Å². The second-order valence-corrected chi connectivity index (χ2v) is 14.2. The fourth-order valence-corrected chi connectivity index (χ4v) is 6.89. The highest BCUT2D eigenvalue weighted by atomic mass is 16.7. The maximum atomic E-state index is 13.2. The predicted octanol–water partition coefficient (Wildman–Crippen LogP) is 3.28. The molecular weight excluding hydrogens is 672 g/mol. The van der Waals surface area contributed by atoms with E-state index < -0.39 is 72.7 Å². The highest BCUT2D eigenvalue weighted by Gasteiger charge is 2.47. The van der Waals surface area contributed by atoms with Gasteiger partial charge in [0.1, 0.15) is 30.9 Å². The number of nitrogens with zero attached hydrogens (tertiary/aromatic N) is 2. The Labute approximate surface area is 308 Å². The summed E-state index contributed by atoms with van der Waals surface area (Å²) < 4.78 is 24.0. The van der Waals surface area contributed by atoms with E-state index in [0.29, 0.717) is 24.3 Å². The van der Waals surface area contributed by atoms with Gasteiger partial charge in [0.15, 0.2) is 12.9 Å². The Bertz CT molecular complexity index is 1320. The van der Waals surface area contributed by atoms with Crippen LogP contribution in [0.1, 0.15) is 60.3 Å². The van der Waals surface area contributed by atoms with Crippen molar-refractivity contribution in [1.29, 1.82) is 0 Å². The van der Waals surface area contributed by atoms with Gasteiger partial charge in [0.05, 0.1) is 49.2 Å². The van der Waals surface area contributed by atoms with Crippen LogP contribution in [0.2, 0.25) is 0 Å². The molecule has 1 aromatic rings. The number of aliphatic hydroxyl groups is 4. The third-order valence-corrected chi connectivity index (χ3v) is 9.95. The van der Waals surface area contributed by atoms with Crippen LogP contribution in [-0.2, 0) is 28.6 Å². The number of allylic oxidation sites excluding steroid dienone is 3. The van der Waals surface area contributed by atoms with Crippen molar-refractivity contribution in [3.63, 3.8) is 0 Å². The molecule has 52 heavy (non-hydrogen) atoms. The standard InChI is InChI=1S/C39H60N2O11/c1-8-33-29(23-43)20-24(2)14-15-31(40-49-19-18-48-30-12-10-9-11-13-30)25(3)21-28(16-17-42)38(26(4)32(44)22-34(45)51-33)52-39-37(47)35(41(6)7)36(46)27(5)50-39/h9-15,17,20,25-29,32-33,35-39,43-44,46-47H,8,16,18-19,21-23H2,1-7H3/b15-14+,24-20+,40-31+/t25-,26+,27-,28+,29?,32-,33-,35+,36-,37-,38-,39+/m1/s1. The summed E-state index contributed by atoms with van der Waals surface area (Å²) in [6, 6.07) is 8.64. The molecule has 0 radical (unpaired) electrons. The van der Waals surface area contributed by atoms with Gasteiger partial charge >= 0.3 is 5.97 Å². The van der Waals surface area contributed by atoms with Crippen molar-refractivity contribution >= 4 is 18.0 Å². The quantitative estimate of drug-likeness (QED) is 0.107.